The molecule has 0 bridgehead atoms. The maximum Gasteiger partial charge on any atom is 0.226 e. The van der Waals surface area contributed by atoms with Crippen LogP contribution in [0.3, 0.4) is 0 Å². The van der Waals surface area contributed by atoms with Crippen molar-refractivity contribution in [3.05, 3.63) is 42.3 Å². The van der Waals surface area contributed by atoms with Gasteiger partial charge in [0.1, 0.15) is 12.0 Å². The average molecular weight is 370 g/mol. The van der Waals surface area contributed by atoms with Crippen LogP contribution >= 0.6 is 0 Å². The van der Waals surface area contributed by atoms with Gasteiger partial charge in [-0.15, -0.1) is 0 Å². The van der Waals surface area contributed by atoms with Crippen molar-refractivity contribution in [1.29, 1.82) is 0 Å². The lowest BCUT2D eigenvalue weighted by Gasteiger charge is -2.30. The number of aromatic nitrogens is 1. The smallest absolute Gasteiger partial charge is 0.226 e. The van der Waals surface area contributed by atoms with Gasteiger partial charge < -0.3 is 20.0 Å². The van der Waals surface area contributed by atoms with Crippen molar-refractivity contribution in [1.82, 2.24) is 20.5 Å². The molecule has 2 N–H and O–H groups in total. The van der Waals surface area contributed by atoms with Gasteiger partial charge in [-0.1, -0.05) is 25.1 Å². The predicted molar refractivity (Wildman–Crippen MR) is 110 cm³/mol. The van der Waals surface area contributed by atoms with Gasteiger partial charge in [-0.3, -0.25) is 0 Å². The molecule has 1 saturated heterocycles. The Bertz CT molecular complexity index is 712. The van der Waals surface area contributed by atoms with Gasteiger partial charge in [0.15, 0.2) is 5.96 Å². The van der Waals surface area contributed by atoms with Crippen LogP contribution in [-0.2, 0) is 6.54 Å². The van der Waals surface area contributed by atoms with Crippen LogP contribution in [0.1, 0.15) is 32.4 Å². The minimum Gasteiger partial charge on any atom is -0.444 e. The van der Waals surface area contributed by atoms with Crippen LogP contribution in [0.15, 0.2) is 46.0 Å². The normalized spacial score (nSPS) is 18.4. The number of hydrogen-bond acceptors (Lipinski definition) is 4. The van der Waals surface area contributed by atoms with Gasteiger partial charge in [0, 0.05) is 31.7 Å². The molecule has 3 rings (SSSR count). The van der Waals surface area contributed by atoms with Crippen molar-refractivity contribution in [2.75, 3.05) is 32.7 Å². The molecule has 1 aromatic heterocycles. The van der Waals surface area contributed by atoms with E-state index in [1.165, 1.54) is 25.9 Å². The Morgan fingerprint density at radius 2 is 2.15 bits per heavy atom. The first-order valence-corrected chi connectivity index (χ1v) is 9.99. The Balaban J connectivity index is 1.50. The summed E-state index contributed by atoms with van der Waals surface area (Å²) in [6.45, 7) is 10.1. The molecule has 0 amide bonds. The highest BCUT2D eigenvalue weighted by molar-refractivity contribution is 5.79. The molecule has 0 radical (unpaired) electrons. The summed E-state index contributed by atoms with van der Waals surface area (Å²) in [5, 5.41) is 6.73. The highest BCUT2D eigenvalue weighted by Gasteiger charge is 2.15. The van der Waals surface area contributed by atoms with Crippen LogP contribution in [0.25, 0.3) is 11.5 Å². The highest BCUT2D eigenvalue weighted by Crippen LogP contribution is 2.18. The molecule has 1 aliphatic rings. The van der Waals surface area contributed by atoms with E-state index in [1.807, 2.05) is 30.3 Å². The predicted octanol–water partition coefficient (Wildman–Crippen LogP) is 3.13. The molecule has 0 spiro atoms. The summed E-state index contributed by atoms with van der Waals surface area (Å²) < 4.78 is 5.59. The minimum absolute atomic E-state index is 0.492. The molecule has 146 valence electrons. The van der Waals surface area contributed by atoms with E-state index < -0.39 is 0 Å². The molecule has 2 aromatic rings. The lowest BCUT2D eigenvalue weighted by Crippen LogP contribution is -2.43. The number of piperidine rings is 1. The average Bonchev–Trinajstić information content (AvgIpc) is 3.16. The third-order valence-corrected chi connectivity index (χ3v) is 4.78. The number of likely N-dealkylation sites (tertiary alicyclic amines) is 1. The summed E-state index contributed by atoms with van der Waals surface area (Å²) in [5.41, 5.74) is 1.81. The lowest BCUT2D eigenvalue weighted by atomic mass is 10.0. The summed E-state index contributed by atoms with van der Waals surface area (Å²) in [4.78, 5) is 11.7. The molecule has 1 fully saturated rings. The number of rotatable bonds is 7. The van der Waals surface area contributed by atoms with Crippen molar-refractivity contribution in [2.24, 2.45) is 10.9 Å². The largest absolute Gasteiger partial charge is 0.444 e. The van der Waals surface area contributed by atoms with Crippen LogP contribution in [0.2, 0.25) is 0 Å². The van der Waals surface area contributed by atoms with Crippen molar-refractivity contribution in [3.63, 3.8) is 0 Å². The van der Waals surface area contributed by atoms with Crippen LogP contribution in [0.4, 0.5) is 0 Å². The maximum atomic E-state index is 5.59. The monoisotopic (exact) mass is 369 g/mol. The SMILES string of the molecule is CCNC(=NCc1coc(-c2ccccc2)n1)NCCN1CCCC(C)C1. The van der Waals surface area contributed by atoms with E-state index in [9.17, 15) is 0 Å². The molecule has 2 heterocycles. The molecular formula is C21H31N5O. The van der Waals surface area contributed by atoms with Gasteiger partial charge in [-0.05, 0) is 44.4 Å². The zero-order chi connectivity index (χ0) is 18.9. The molecular weight excluding hydrogens is 338 g/mol. The number of oxazole rings is 1. The Labute approximate surface area is 162 Å². The molecule has 6 nitrogen and oxygen atoms in total. The number of aliphatic imine (C=N–C) groups is 1. The second kappa shape index (κ2) is 10.1. The van der Waals surface area contributed by atoms with Gasteiger partial charge in [0.05, 0.1) is 6.54 Å². The minimum atomic E-state index is 0.492. The van der Waals surface area contributed by atoms with Crippen LogP contribution < -0.4 is 10.6 Å². The standard InChI is InChI=1S/C21H31N5O/c1-3-22-21(23-11-13-26-12-7-8-17(2)15-26)24-14-19-16-27-20(25-19)18-9-5-4-6-10-18/h4-6,9-10,16-17H,3,7-8,11-15H2,1-2H3,(H2,22,23,24). The summed E-state index contributed by atoms with van der Waals surface area (Å²) >= 11 is 0. The van der Waals surface area contributed by atoms with Gasteiger partial charge in [-0.25, -0.2) is 9.98 Å². The fourth-order valence-electron chi connectivity index (χ4n) is 3.42. The molecule has 1 atom stereocenters. The molecule has 27 heavy (non-hydrogen) atoms. The van der Waals surface area contributed by atoms with E-state index in [-0.39, 0.29) is 0 Å². The van der Waals surface area contributed by atoms with E-state index in [1.54, 1.807) is 6.26 Å². The van der Waals surface area contributed by atoms with Crippen LogP contribution in [0, 0.1) is 5.92 Å². The quantitative estimate of drug-likeness (QED) is 0.580. The summed E-state index contributed by atoms with van der Waals surface area (Å²) in [6.07, 6.45) is 4.35. The Kier molecular flexibility index (Phi) is 7.27. The molecule has 0 saturated carbocycles. The number of benzene rings is 1. The van der Waals surface area contributed by atoms with Crippen molar-refractivity contribution in [3.8, 4) is 11.5 Å². The zero-order valence-electron chi connectivity index (χ0n) is 16.4. The first-order valence-electron chi connectivity index (χ1n) is 9.99. The van der Waals surface area contributed by atoms with Gasteiger partial charge in [0.2, 0.25) is 5.89 Å². The Morgan fingerprint density at radius 1 is 1.30 bits per heavy atom. The van der Waals surface area contributed by atoms with Crippen LogP contribution in [0.5, 0.6) is 0 Å². The first kappa shape index (κ1) is 19.4. The Morgan fingerprint density at radius 3 is 2.93 bits per heavy atom. The fraction of sp³-hybridized carbons (Fsp3) is 0.524. The molecule has 1 unspecified atom stereocenters. The van der Waals surface area contributed by atoms with E-state index in [2.05, 4.69) is 39.4 Å². The van der Waals surface area contributed by atoms with Crippen LogP contribution in [-0.4, -0.2) is 48.6 Å². The molecule has 1 aromatic carbocycles. The van der Waals surface area contributed by atoms with Crippen molar-refractivity contribution < 1.29 is 4.42 Å². The molecule has 0 aliphatic carbocycles. The fourth-order valence-corrected chi connectivity index (χ4v) is 3.42. The number of hydrogen-bond donors (Lipinski definition) is 2. The van der Waals surface area contributed by atoms with E-state index in [0.717, 1.165) is 42.8 Å². The molecule has 6 heteroatoms. The van der Waals surface area contributed by atoms with Crippen molar-refractivity contribution in [2.45, 2.75) is 33.2 Å². The summed E-state index contributed by atoms with van der Waals surface area (Å²) in [7, 11) is 0. The third kappa shape index (κ3) is 6.10. The van der Waals surface area contributed by atoms with Gasteiger partial charge >= 0.3 is 0 Å². The maximum absolute atomic E-state index is 5.59. The number of nitrogens with zero attached hydrogens (tertiary/aromatic N) is 3. The Hall–Kier alpha value is -2.34. The second-order valence-corrected chi connectivity index (χ2v) is 7.18. The lowest BCUT2D eigenvalue weighted by molar-refractivity contribution is 0.187. The summed E-state index contributed by atoms with van der Waals surface area (Å²) in [5.74, 6) is 2.27. The first-order chi connectivity index (χ1) is 13.2. The third-order valence-electron chi connectivity index (χ3n) is 4.78. The molecule has 1 aliphatic heterocycles. The second-order valence-electron chi connectivity index (χ2n) is 7.18. The zero-order valence-corrected chi connectivity index (χ0v) is 16.4. The summed E-state index contributed by atoms with van der Waals surface area (Å²) in [6, 6.07) is 9.93. The number of nitrogens with one attached hydrogen (secondary N) is 2. The van der Waals surface area contributed by atoms with Gasteiger partial charge in [-0.2, -0.15) is 0 Å². The highest BCUT2D eigenvalue weighted by atomic mass is 16.3. The van der Waals surface area contributed by atoms with Crippen molar-refractivity contribution >= 4 is 5.96 Å². The van der Waals surface area contributed by atoms with E-state index in [4.69, 9.17) is 4.42 Å². The number of guanidine groups is 1. The van der Waals surface area contributed by atoms with E-state index in [0.29, 0.717) is 12.4 Å². The topological polar surface area (TPSA) is 65.7 Å². The van der Waals surface area contributed by atoms with E-state index >= 15 is 0 Å². The van der Waals surface area contributed by atoms with Gasteiger partial charge in [0.25, 0.3) is 0 Å².